The molecule has 0 fully saturated rings. The van der Waals surface area contributed by atoms with E-state index >= 15 is 0 Å². The van der Waals surface area contributed by atoms with Gasteiger partial charge in [0.05, 0.1) is 17.1 Å². The van der Waals surface area contributed by atoms with Crippen molar-refractivity contribution in [3.05, 3.63) is 33.6 Å². The largest absolute Gasteiger partial charge is 0.393 e. The summed E-state index contributed by atoms with van der Waals surface area (Å²) < 4.78 is 13.1. The van der Waals surface area contributed by atoms with Crippen LogP contribution in [0, 0.1) is 27.3 Å². The molecule has 1 aromatic rings. The van der Waals surface area contributed by atoms with Crippen LogP contribution < -0.4 is 5.73 Å². The van der Waals surface area contributed by atoms with E-state index in [2.05, 4.69) is 0 Å². The third kappa shape index (κ3) is 2.47. The lowest BCUT2D eigenvalue weighted by atomic mass is 10.0. The van der Waals surface area contributed by atoms with Crippen LogP contribution in [-0.4, -0.2) is 21.2 Å². The molecule has 0 aliphatic heterocycles. The highest BCUT2D eigenvalue weighted by atomic mass is 19.1. The van der Waals surface area contributed by atoms with Crippen LogP contribution in [0.3, 0.4) is 0 Å². The van der Waals surface area contributed by atoms with Gasteiger partial charge in [-0.15, -0.1) is 0 Å². The van der Waals surface area contributed by atoms with Crippen molar-refractivity contribution >= 4 is 11.4 Å². The van der Waals surface area contributed by atoms with Gasteiger partial charge in [-0.2, -0.15) is 5.26 Å². The maximum atomic E-state index is 13.1. The number of nitrogen functional groups attached to an aromatic ring is 1. The first kappa shape index (κ1) is 12.8. The number of nitro groups is 1. The number of anilines is 1. The highest BCUT2D eigenvalue weighted by Gasteiger charge is 2.26. The Balaban J connectivity index is 3.35. The molecular formula is C9H8FN3O4. The minimum atomic E-state index is -1.85. The predicted octanol–water partition coefficient (Wildman–Crippen LogP) is 0.234. The molecule has 2 atom stereocenters. The molecule has 2 unspecified atom stereocenters. The monoisotopic (exact) mass is 241 g/mol. The van der Waals surface area contributed by atoms with E-state index in [-0.39, 0.29) is 0 Å². The molecule has 8 heteroatoms. The average molecular weight is 241 g/mol. The average Bonchev–Trinajstić information content (AvgIpc) is 2.29. The molecule has 1 aromatic carbocycles. The minimum absolute atomic E-state index is 0.397. The Morgan fingerprint density at radius 2 is 2.12 bits per heavy atom. The van der Waals surface area contributed by atoms with Gasteiger partial charge >= 0.3 is 0 Å². The first-order valence-corrected chi connectivity index (χ1v) is 4.37. The number of nitriles is 1. The van der Waals surface area contributed by atoms with Crippen molar-refractivity contribution in [1.29, 1.82) is 5.26 Å². The molecule has 0 saturated heterocycles. The summed E-state index contributed by atoms with van der Waals surface area (Å²) in [5, 5.41) is 37.4. The van der Waals surface area contributed by atoms with Crippen molar-refractivity contribution < 1.29 is 19.5 Å². The van der Waals surface area contributed by atoms with E-state index in [1.54, 1.807) is 0 Å². The normalized spacial score (nSPS) is 13.8. The molecule has 0 aliphatic rings. The van der Waals surface area contributed by atoms with Crippen molar-refractivity contribution in [2.75, 3.05) is 5.73 Å². The SMILES string of the molecule is N#CC(O)C(O)c1cc(F)cc([N+](=O)[O-])c1N. The second kappa shape index (κ2) is 4.73. The van der Waals surface area contributed by atoms with E-state index in [0.717, 1.165) is 6.07 Å². The van der Waals surface area contributed by atoms with E-state index in [9.17, 15) is 19.6 Å². The van der Waals surface area contributed by atoms with E-state index in [1.807, 2.05) is 0 Å². The molecule has 4 N–H and O–H groups in total. The molecule has 0 bridgehead atoms. The quantitative estimate of drug-likeness (QED) is 0.300. The zero-order chi connectivity index (χ0) is 13.2. The minimum Gasteiger partial charge on any atom is -0.393 e. The van der Waals surface area contributed by atoms with Gasteiger partial charge in [-0.1, -0.05) is 0 Å². The number of nitrogens with zero attached hydrogens (tertiary/aromatic N) is 2. The highest BCUT2D eigenvalue weighted by molar-refractivity contribution is 5.64. The van der Waals surface area contributed by atoms with Crippen molar-refractivity contribution in [3.8, 4) is 6.07 Å². The smallest absolute Gasteiger partial charge is 0.295 e. The lowest BCUT2D eigenvalue weighted by Crippen LogP contribution is -2.18. The van der Waals surface area contributed by atoms with Crippen LogP contribution in [0.2, 0.25) is 0 Å². The van der Waals surface area contributed by atoms with E-state index in [0.29, 0.717) is 6.07 Å². The number of hydrogen-bond acceptors (Lipinski definition) is 6. The van der Waals surface area contributed by atoms with Crippen LogP contribution in [0.15, 0.2) is 12.1 Å². The fourth-order valence-electron chi connectivity index (χ4n) is 1.26. The fraction of sp³-hybridized carbons (Fsp3) is 0.222. The summed E-state index contributed by atoms with van der Waals surface area (Å²) >= 11 is 0. The molecule has 0 heterocycles. The summed E-state index contributed by atoms with van der Waals surface area (Å²) in [6.07, 6.45) is -3.66. The Hall–Kier alpha value is -2.24. The standard InChI is InChI=1S/C9H8FN3O4/c10-4-1-5(9(15)7(14)3-11)8(12)6(2-4)13(16)17/h1-2,7,9,14-15H,12H2. The summed E-state index contributed by atoms with van der Waals surface area (Å²) in [6.45, 7) is 0. The van der Waals surface area contributed by atoms with Gasteiger partial charge in [-0.05, 0) is 6.07 Å². The van der Waals surface area contributed by atoms with Gasteiger partial charge in [-0.3, -0.25) is 10.1 Å². The van der Waals surface area contributed by atoms with Crippen molar-refractivity contribution in [1.82, 2.24) is 0 Å². The molecule has 0 radical (unpaired) electrons. The van der Waals surface area contributed by atoms with Crippen molar-refractivity contribution in [2.45, 2.75) is 12.2 Å². The Morgan fingerprint density at radius 3 is 2.59 bits per heavy atom. The molecule has 0 aromatic heterocycles. The van der Waals surface area contributed by atoms with E-state index in [4.69, 9.17) is 16.1 Å². The Morgan fingerprint density at radius 1 is 1.53 bits per heavy atom. The molecule has 17 heavy (non-hydrogen) atoms. The number of aliphatic hydroxyl groups is 2. The summed E-state index contributed by atoms with van der Waals surface area (Å²) in [4.78, 5) is 9.61. The lowest BCUT2D eigenvalue weighted by molar-refractivity contribution is -0.384. The second-order valence-corrected chi connectivity index (χ2v) is 3.20. The van der Waals surface area contributed by atoms with Crippen LogP contribution >= 0.6 is 0 Å². The van der Waals surface area contributed by atoms with E-state index < -0.39 is 39.9 Å². The van der Waals surface area contributed by atoms with E-state index in [1.165, 1.54) is 6.07 Å². The maximum Gasteiger partial charge on any atom is 0.295 e. The molecule has 90 valence electrons. The first-order valence-electron chi connectivity index (χ1n) is 4.37. The zero-order valence-electron chi connectivity index (χ0n) is 8.37. The number of nitrogens with two attached hydrogens (primary N) is 1. The number of hydrogen-bond donors (Lipinski definition) is 3. The molecule has 0 aliphatic carbocycles. The van der Waals surface area contributed by atoms with Gasteiger partial charge in [0, 0.05) is 5.56 Å². The summed E-state index contributed by atoms with van der Waals surface area (Å²) in [7, 11) is 0. The molecule has 0 saturated carbocycles. The number of rotatable bonds is 3. The molecule has 1 rings (SSSR count). The van der Waals surface area contributed by atoms with Gasteiger partial charge < -0.3 is 15.9 Å². The van der Waals surface area contributed by atoms with Gasteiger partial charge in [-0.25, -0.2) is 4.39 Å². The van der Waals surface area contributed by atoms with Crippen LogP contribution in [0.5, 0.6) is 0 Å². The molecular weight excluding hydrogens is 233 g/mol. The molecule has 0 amide bonds. The highest BCUT2D eigenvalue weighted by Crippen LogP contribution is 2.32. The van der Waals surface area contributed by atoms with Gasteiger partial charge in [0.2, 0.25) is 0 Å². The Labute approximate surface area is 94.7 Å². The summed E-state index contributed by atoms with van der Waals surface area (Å²) in [6, 6.07) is 2.63. The van der Waals surface area contributed by atoms with Crippen molar-refractivity contribution in [2.24, 2.45) is 0 Å². The fourth-order valence-corrected chi connectivity index (χ4v) is 1.26. The van der Waals surface area contributed by atoms with Gasteiger partial charge in [0.15, 0.2) is 6.10 Å². The topological polar surface area (TPSA) is 133 Å². The van der Waals surface area contributed by atoms with Crippen LogP contribution in [0.25, 0.3) is 0 Å². The third-order valence-electron chi connectivity index (χ3n) is 2.10. The van der Waals surface area contributed by atoms with Crippen molar-refractivity contribution in [3.63, 3.8) is 0 Å². The number of benzene rings is 1. The van der Waals surface area contributed by atoms with Crippen LogP contribution in [0.1, 0.15) is 11.7 Å². The number of nitro benzene ring substituents is 1. The Bertz CT molecular complexity index is 500. The van der Waals surface area contributed by atoms with Crippen LogP contribution in [0.4, 0.5) is 15.8 Å². The van der Waals surface area contributed by atoms with Crippen LogP contribution in [-0.2, 0) is 0 Å². The Kier molecular flexibility index (Phi) is 3.57. The third-order valence-corrected chi connectivity index (χ3v) is 2.10. The number of aliphatic hydroxyl groups excluding tert-OH is 2. The molecule has 0 spiro atoms. The van der Waals surface area contributed by atoms with Gasteiger partial charge in [0.1, 0.15) is 17.6 Å². The second-order valence-electron chi connectivity index (χ2n) is 3.20. The lowest BCUT2D eigenvalue weighted by Gasteiger charge is -2.14. The molecule has 7 nitrogen and oxygen atoms in total. The number of halogens is 1. The zero-order valence-corrected chi connectivity index (χ0v) is 8.37. The first-order chi connectivity index (χ1) is 7.88. The summed E-state index contributed by atoms with van der Waals surface area (Å²) in [5.74, 6) is -0.995. The maximum absolute atomic E-state index is 13.1. The van der Waals surface area contributed by atoms with Gasteiger partial charge in [0.25, 0.3) is 5.69 Å². The predicted molar refractivity (Wildman–Crippen MR) is 54.0 cm³/mol. The summed E-state index contributed by atoms with van der Waals surface area (Å²) in [5.41, 5.74) is 3.74.